The number of rotatable bonds is 5. The summed E-state index contributed by atoms with van der Waals surface area (Å²) in [6.45, 7) is 12.5. The molecule has 0 bridgehead atoms. The van der Waals surface area contributed by atoms with Crippen LogP contribution in [0.5, 0.6) is 0 Å². The molecule has 5 rings (SSSR count). The Hall–Kier alpha value is -4.51. The van der Waals surface area contributed by atoms with E-state index in [1.165, 1.54) is 6.20 Å². The second-order valence-corrected chi connectivity index (χ2v) is 7.90. The highest BCUT2D eigenvalue weighted by atomic mass is 15.5. The van der Waals surface area contributed by atoms with E-state index in [1.807, 2.05) is 16.9 Å². The minimum absolute atomic E-state index is 0.152. The van der Waals surface area contributed by atoms with Gasteiger partial charge in [0.25, 0.3) is 0 Å². The first kappa shape index (κ1) is 19.5. The van der Waals surface area contributed by atoms with Crippen molar-refractivity contribution < 1.29 is 0 Å². The fraction of sp³-hybridized carbons (Fsp3) is 0.286. The Labute approximate surface area is 183 Å². The Kier molecular flexibility index (Phi) is 4.64. The smallest absolute Gasteiger partial charge is 0.164 e. The number of hydrogen-bond donors (Lipinski definition) is 1. The van der Waals surface area contributed by atoms with Crippen LogP contribution in [0.2, 0.25) is 0 Å². The molecule has 11 heteroatoms. The molecule has 1 fully saturated rings. The van der Waals surface area contributed by atoms with E-state index in [2.05, 4.69) is 55.6 Å². The molecule has 1 N–H and O–H groups in total. The molecule has 11 nitrogen and oxygen atoms in total. The Morgan fingerprint density at radius 3 is 2.81 bits per heavy atom. The van der Waals surface area contributed by atoms with Gasteiger partial charge in [0.05, 0.1) is 18.0 Å². The van der Waals surface area contributed by atoms with Gasteiger partial charge in [0, 0.05) is 41.1 Å². The molecule has 5 heterocycles. The third kappa shape index (κ3) is 3.36. The van der Waals surface area contributed by atoms with Crippen LogP contribution < -0.4 is 5.32 Å². The Morgan fingerprint density at radius 2 is 2.06 bits per heavy atom. The van der Waals surface area contributed by atoms with Crippen molar-refractivity contribution in [2.24, 2.45) is 0 Å². The average Bonchev–Trinajstić information content (AvgIpc) is 3.39. The fourth-order valence-electron chi connectivity index (χ4n) is 3.61. The molecular formula is C21H19N11. The summed E-state index contributed by atoms with van der Waals surface area (Å²) in [7, 11) is 0. The second kappa shape index (κ2) is 7.63. The van der Waals surface area contributed by atoms with E-state index in [-0.39, 0.29) is 12.1 Å². The molecule has 1 aliphatic heterocycles. The van der Waals surface area contributed by atoms with Gasteiger partial charge in [-0.25, -0.2) is 14.6 Å². The number of nitrogens with one attached hydrogen (secondary N) is 1. The van der Waals surface area contributed by atoms with Crippen molar-refractivity contribution in [3.8, 4) is 23.1 Å². The Bertz CT molecular complexity index is 1380. The molecule has 32 heavy (non-hydrogen) atoms. The lowest BCUT2D eigenvalue weighted by Crippen LogP contribution is -2.43. The topological polar surface area (TPSA) is 118 Å². The van der Waals surface area contributed by atoms with Crippen LogP contribution in [0.25, 0.3) is 33.1 Å². The van der Waals surface area contributed by atoms with Gasteiger partial charge >= 0.3 is 0 Å². The lowest BCUT2D eigenvalue weighted by atomic mass is 10.1. The summed E-state index contributed by atoms with van der Waals surface area (Å²) < 4.78 is 3.46. The van der Waals surface area contributed by atoms with Gasteiger partial charge in [-0.2, -0.15) is 26.6 Å². The highest BCUT2D eigenvalue weighted by Crippen LogP contribution is 2.30. The molecule has 0 atom stereocenters. The highest BCUT2D eigenvalue weighted by Gasteiger charge is 2.33. The van der Waals surface area contributed by atoms with Crippen LogP contribution in [0.15, 0.2) is 36.9 Å². The first-order chi connectivity index (χ1) is 15.6. The van der Waals surface area contributed by atoms with Gasteiger partial charge in [0.15, 0.2) is 11.5 Å². The minimum Gasteiger partial charge on any atom is -0.382 e. The molecule has 0 spiro atoms. The van der Waals surface area contributed by atoms with Gasteiger partial charge in [-0.15, -0.1) is 10.1 Å². The van der Waals surface area contributed by atoms with Crippen LogP contribution in [-0.4, -0.2) is 58.9 Å². The summed E-state index contributed by atoms with van der Waals surface area (Å²) in [6.07, 6.45) is 6.83. The number of aromatic nitrogens is 7. The Balaban J connectivity index is 1.51. The van der Waals surface area contributed by atoms with Gasteiger partial charge in [-0.1, -0.05) is 5.21 Å². The van der Waals surface area contributed by atoms with Crippen molar-refractivity contribution in [2.75, 3.05) is 18.4 Å². The SMILES string of the molecule is [C-]#[N+]N1CC(n2cc(-c3cnc(-n4ncc5cc(C#N)cnc54)cc3NC(C)C)nn2)C1. The van der Waals surface area contributed by atoms with Crippen molar-refractivity contribution in [3.05, 3.63) is 54.0 Å². The van der Waals surface area contributed by atoms with Gasteiger partial charge in [0.2, 0.25) is 0 Å². The summed E-state index contributed by atoms with van der Waals surface area (Å²) in [5, 5.41) is 28.0. The van der Waals surface area contributed by atoms with Gasteiger partial charge < -0.3 is 5.32 Å². The largest absolute Gasteiger partial charge is 0.382 e. The molecule has 0 unspecified atom stereocenters. The molecule has 0 radical (unpaired) electrons. The van der Waals surface area contributed by atoms with E-state index >= 15 is 0 Å². The van der Waals surface area contributed by atoms with Crippen LogP contribution in [0.3, 0.4) is 0 Å². The number of fused-ring (bicyclic) bond motifs is 1. The number of pyridine rings is 2. The zero-order chi connectivity index (χ0) is 22.2. The molecule has 0 aromatic carbocycles. The summed E-state index contributed by atoms with van der Waals surface area (Å²) in [4.78, 5) is 12.4. The summed E-state index contributed by atoms with van der Waals surface area (Å²) >= 11 is 0. The first-order valence-corrected chi connectivity index (χ1v) is 10.1. The first-order valence-electron chi connectivity index (χ1n) is 10.1. The summed E-state index contributed by atoms with van der Waals surface area (Å²) in [5.74, 6) is 0.600. The molecule has 4 aromatic heterocycles. The van der Waals surface area contributed by atoms with Gasteiger partial charge in [-0.05, 0) is 19.9 Å². The van der Waals surface area contributed by atoms with Crippen molar-refractivity contribution >= 4 is 16.7 Å². The third-order valence-corrected chi connectivity index (χ3v) is 5.23. The van der Waals surface area contributed by atoms with E-state index in [9.17, 15) is 0 Å². The molecule has 4 aromatic rings. The maximum atomic E-state index is 9.10. The van der Waals surface area contributed by atoms with Crippen LogP contribution in [0.4, 0.5) is 5.69 Å². The van der Waals surface area contributed by atoms with Gasteiger partial charge in [0.1, 0.15) is 30.9 Å². The van der Waals surface area contributed by atoms with E-state index in [4.69, 9.17) is 11.8 Å². The molecule has 0 aliphatic carbocycles. The molecule has 0 amide bonds. The van der Waals surface area contributed by atoms with Gasteiger partial charge in [-0.3, -0.25) is 0 Å². The monoisotopic (exact) mass is 425 g/mol. The van der Waals surface area contributed by atoms with Crippen molar-refractivity contribution in [1.82, 2.24) is 39.8 Å². The quantitative estimate of drug-likeness (QED) is 0.485. The predicted octanol–water partition coefficient (Wildman–Crippen LogP) is 2.46. The molecule has 1 aliphatic rings. The lowest BCUT2D eigenvalue weighted by Gasteiger charge is -2.29. The lowest BCUT2D eigenvalue weighted by molar-refractivity contribution is 0.149. The van der Waals surface area contributed by atoms with Crippen LogP contribution >= 0.6 is 0 Å². The van der Waals surface area contributed by atoms with E-state index in [0.29, 0.717) is 35.8 Å². The summed E-state index contributed by atoms with van der Waals surface area (Å²) in [5.41, 5.74) is 3.49. The second-order valence-electron chi connectivity index (χ2n) is 7.90. The Morgan fingerprint density at radius 1 is 1.22 bits per heavy atom. The van der Waals surface area contributed by atoms with Crippen LogP contribution in [0, 0.1) is 17.9 Å². The highest BCUT2D eigenvalue weighted by molar-refractivity contribution is 5.79. The summed E-state index contributed by atoms with van der Waals surface area (Å²) in [6, 6.07) is 6.09. The molecular weight excluding hydrogens is 406 g/mol. The fourth-order valence-corrected chi connectivity index (χ4v) is 3.61. The van der Waals surface area contributed by atoms with E-state index in [0.717, 1.165) is 16.6 Å². The number of hydrogen-bond acceptors (Lipinski definition) is 8. The molecule has 1 saturated heterocycles. The number of anilines is 1. The zero-order valence-corrected chi connectivity index (χ0v) is 17.5. The van der Waals surface area contributed by atoms with E-state index < -0.39 is 0 Å². The van der Waals surface area contributed by atoms with Crippen molar-refractivity contribution in [2.45, 2.75) is 25.9 Å². The minimum atomic E-state index is 0.152. The molecule has 0 saturated carbocycles. The van der Waals surface area contributed by atoms with Crippen LogP contribution in [0.1, 0.15) is 25.5 Å². The van der Waals surface area contributed by atoms with Crippen molar-refractivity contribution in [1.29, 1.82) is 5.26 Å². The average molecular weight is 425 g/mol. The maximum absolute atomic E-state index is 9.10. The standard InChI is InChI=1S/C21H19N11/c1-13(2)27-18-5-20(32-21-15(8-26-32)4-14(6-22)7-25-21)24-9-17(18)19-12-31(29-28-19)16-10-30(11-16)23-3/h4-5,7-9,12-13,16H,10-11H2,1-2H3,(H,24,27). The van der Waals surface area contributed by atoms with Crippen molar-refractivity contribution in [3.63, 3.8) is 0 Å². The predicted molar refractivity (Wildman–Crippen MR) is 116 cm³/mol. The molecule has 158 valence electrons. The normalized spacial score (nSPS) is 13.7. The maximum Gasteiger partial charge on any atom is 0.164 e. The third-order valence-electron chi connectivity index (χ3n) is 5.23. The number of nitriles is 1. The van der Waals surface area contributed by atoms with E-state index in [1.54, 1.807) is 28.2 Å². The number of nitrogens with zero attached hydrogens (tertiary/aromatic N) is 10. The zero-order valence-electron chi connectivity index (χ0n) is 17.5. The van der Waals surface area contributed by atoms with Crippen LogP contribution in [-0.2, 0) is 0 Å².